The van der Waals surface area contributed by atoms with Crippen LogP contribution in [0.4, 0.5) is 4.79 Å². The molecule has 0 aromatic carbocycles. The van der Waals surface area contributed by atoms with Crippen molar-refractivity contribution in [3.05, 3.63) is 18.5 Å². The van der Waals surface area contributed by atoms with E-state index in [2.05, 4.69) is 34.3 Å². The largest absolute Gasteiger partial charge is 0.335 e. The lowest BCUT2D eigenvalue weighted by Gasteiger charge is -2.29. The van der Waals surface area contributed by atoms with Crippen LogP contribution >= 0.6 is 11.8 Å². The van der Waals surface area contributed by atoms with Crippen molar-refractivity contribution >= 4 is 23.7 Å². The Balaban J connectivity index is 1.48. The molecule has 2 fully saturated rings. The highest BCUT2D eigenvalue weighted by Crippen LogP contribution is 2.40. The summed E-state index contributed by atoms with van der Waals surface area (Å²) in [6.45, 7) is 6.55. The second-order valence-corrected chi connectivity index (χ2v) is 8.14. The monoisotopic (exact) mass is 377 g/mol. The van der Waals surface area contributed by atoms with Gasteiger partial charge in [0, 0.05) is 18.5 Å². The SMILES string of the molecule is C=CCn1c(SCC(=O)NC(=O)NC2CCCCC2C)nnc1C1CC1. The van der Waals surface area contributed by atoms with Gasteiger partial charge in [-0.1, -0.05) is 37.6 Å². The van der Waals surface area contributed by atoms with E-state index in [9.17, 15) is 9.59 Å². The highest BCUT2D eigenvalue weighted by Gasteiger charge is 2.30. The van der Waals surface area contributed by atoms with Gasteiger partial charge in [0.1, 0.15) is 5.82 Å². The molecule has 26 heavy (non-hydrogen) atoms. The van der Waals surface area contributed by atoms with Gasteiger partial charge in [0.2, 0.25) is 5.91 Å². The summed E-state index contributed by atoms with van der Waals surface area (Å²) in [7, 11) is 0. The third-order valence-electron chi connectivity index (χ3n) is 5.01. The first-order valence-corrected chi connectivity index (χ1v) is 10.3. The number of carbonyl (C=O) groups is 2. The van der Waals surface area contributed by atoms with Gasteiger partial charge < -0.3 is 9.88 Å². The molecule has 8 heteroatoms. The van der Waals surface area contributed by atoms with Crippen molar-refractivity contribution in [2.75, 3.05) is 5.75 Å². The standard InChI is InChI=1S/C18H27N5O2S/c1-3-10-23-16(13-8-9-13)21-22-18(23)26-11-15(24)20-17(25)19-14-7-5-4-6-12(14)2/h3,12-14H,1,4-11H2,2H3,(H2,19,20,24,25). The van der Waals surface area contributed by atoms with Crippen molar-refractivity contribution in [3.63, 3.8) is 0 Å². The number of amides is 3. The molecule has 1 aromatic heterocycles. The van der Waals surface area contributed by atoms with Crippen LogP contribution < -0.4 is 10.6 Å². The number of urea groups is 1. The highest BCUT2D eigenvalue weighted by atomic mass is 32.2. The van der Waals surface area contributed by atoms with Crippen molar-refractivity contribution in [1.82, 2.24) is 25.4 Å². The number of aromatic nitrogens is 3. The predicted molar refractivity (Wildman–Crippen MR) is 101 cm³/mol. The van der Waals surface area contributed by atoms with Crippen LogP contribution in [0.15, 0.2) is 17.8 Å². The first-order chi connectivity index (χ1) is 12.6. The van der Waals surface area contributed by atoms with Gasteiger partial charge >= 0.3 is 6.03 Å². The molecular formula is C18H27N5O2S. The third-order valence-corrected chi connectivity index (χ3v) is 5.98. The first-order valence-electron chi connectivity index (χ1n) is 9.35. The van der Waals surface area contributed by atoms with Gasteiger partial charge in [-0.05, 0) is 31.6 Å². The first kappa shape index (κ1) is 18.9. The summed E-state index contributed by atoms with van der Waals surface area (Å²) < 4.78 is 2.01. The van der Waals surface area contributed by atoms with E-state index in [0.29, 0.717) is 23.5 Å². The van der Waals surface area contributed by atoms with Gasteiger partial charge in [0.05, 0.1) is 5.75 Å². The zero-order valence-electron chi connectivity index (χ0n) is 15.2. The van der Waals surface area contributed by atoms with Gasteiger partial charge in [-0.25, -0.2) is 4.79 Å². The Bertz CT molecular complexity index is 671. The van der Waals surface area contributed by atoms with Gasteiger partial charge in [-0.2, -0.15) is 0 Å². The summed E-state index contributed by atoms with van der Waals surface area (Å²) in [5.41, 5.74) is 0. The molecule has 0 aliphatic heterocycles. The Morgan fingerprint density at radius 3 is 2.73 bits per heavy atom. The Morgan fingerprint density at radius 1 is 1.27 bits per heavy atom. The third kappa shape index (κ3) is 4.87. The summed E-state index contributed by atoms with van der Waals surface area (Å²) in [5, 5.41) is 14.5. The van der Waals surface area contributed by atoms with E-state index >= 15 is 0 Å². The quantitative estimate of drug-likeness (QED) is 0.563. The van der Waals surface area contributed by atoms with Crippen molar-refractivity contribution in [1.29, 1.82) is 0 Å². The van der Waals surface area contributed by atoms with Crippen LogP contribution in [-0.2, 0) is 11.3 Å². The topological polar surface area (TPSA) is 88.9 Å². The maximum Gasteiger partial charge on any atom is 0.321 e. The predicted octanol–water partition coefficient (Wildman–Crippen LogP) is 2.84. The molecule has 0 saturated heterocycles. The van der Waals surface area contributed by atoms with Gasteiger partial charge in [0.25, 0.3) is 0 Å². The summed E-state index contributed by atoms with van der Waals surface area (Å²) in [4.78, 5) is 24.2. The molecule has 2 N–H and O–H groups in total. The fourth-order valence-electron chi connectivity index (χ4n) is 3.38. The van der Waals surface area contributed by atoms with Crippen molar-refractivity contribution in [3.8, 4) is 0 Å². The molecule has 2 unspecified atom stereocenters. The minimum Gasteiger partial charge on any atom is -0.335 e. The minimum atomic E-state index is -0.402. The molecule has 2 saturated carbocycles. The number of hydrogen-bond donors (Lipinski definition) is 2. The number of carbonyl (C=O) groups excluding carboxylic acids is 2. The van der Waals surface area contributed by atoms with Crippen LogP contribution in [0, 0.1) is 5.92 Å². The Labute approximate surface area is 158 Å². The van der Waals surface area contributed by atoms with Gasteiger partial charge in [-0.3, -0.25) is 10.1 Å². The number of nitrogens with zero attached hydrogens (tertiary/aromatic N) is 3. The van der Waals surface area contributed by atoms with Crippen LogP contribution in [0.5, 0.6) is 0 Å². The fraction of sp³-hybridized carbons (Fsp3) is 0.667. The number of rotatable bonds is 7. The van der Waals surface area contributed by atoms with Crippen molar-refractivity contribution < 1.29 is 9.59 Å². The zero-order valence-corrected chi connectivity index (χ0v) is 16.1. The van der Waals surface area contributed by atoms with Gasteiger partial charge in [-0.15, -0.1) is 16.8 Å². The molecule has 7 nitrogen and oxygen atoms in total. The summed E-state index contributed by atoms with van der Waals surface area (Å²) in [5.74, 6) is 1.72. The number of imide groups is 1. The zero-order chi connectivity index (χ0) is 18.5. The number of allylic oxidation sites excluding steroid dienone is 1. The van der Waals surface area contributed by atoms with Gasteiger partial charge in [0.15, 0.2) is 5.16 Å². The van der Waals surface area contributed by atoms with E-state index in [1.165, 1.54) is 18.2 Å². The molecule has 0 bridgehead atoms. The van der Waals surface area contributed by atoms with E-state index in [4.69, 9.17) is 0 Å². The average Bonchev–Trinajstić information content (AvgIpc) is 3.37. The lowest BCUT2D eigenvalue weighted by molar-refractivity contribution is -0.117. The molecule has 1 heterocycles. The van der Waals surface area contributed by atoms with Crippen LogP contribution in [0.25, 0.3) is 0 Å². The Kier molecular flexibility index (Phi) is 6.34. The fourth-order valence-corrected chi connectivity index (χ4v) is 4.13. The second-order valence-electron chi connectivity index (χ2n) is 7.19. The molecule has 0 spiro atoms. The molecule has 2 aliphatic carbocycles. The highest BCUT2D eigenvalue weighted by molar-refractivity contribution is 7.99. The molecule has 142 valence electrons. The molecule has 3 rings (SSSR count). The number of nitrogens with one attached hydrogen (secondary N) is 2. The normalized spacial score (nSPS) is 22.7. The molecular weight excluding hydrogens is 350 g/mol. The van der Waals surface area contributed by atoms with E-state index in [1.54, 1.807) is 6.08 Å². The van der Waals surface area contributed by atoms with Crippen LogP contribution in [0.1, 0.15) is 57.2 Å². The summed E-state index contributed by atoms with van der Waals surface area (Å²) in [6.07, 6.45) is 8.52. The molecule has 2 aliphatic rings. The van der Waals surface area contributed by atoms with Crippen LogP contribution in [0.3, 0.4) is 0 Å². The number of hydrogen-bond acceptors (Lipinski definition) is 5. The average molecular weight is 378 g/mol. The number of thioether (sulfide) groups is 1. The summed E-state index contributed by atoms with van der Waals surface area (Å²) >= 11 is 1.30. The molecule has 0 radical (unpaired) electrons. The van der Waals surface area contributed by atoms with Crippen LogP contribution in [-0.4, -0.2) is 38.5 Å². The van der Waals surface area contributed by atoms with E-state index in [0.717, 1.165) is 37.9 Å². The van der Waals surface area contributed by atoms with Crippen molar-refractivity contribution in [2.24, 2.45) is 5.92 Å². The summed E-state index contributed by atoms with van der Waals surface area (Å²) in [6, 6.07) is -0.249. The lowest BCUT2D eigenvalue weighted by Crippen LogP contribution is -2.48. The van der Waals surface area contributed by atoms with E-state index < -0.39 is 6.03 Å². The second kappa shape index (κ2) is 8.70. The Morgan fingerprint density at radius 2 is 2.04 bits per heavy atom. The lowest BCUT2D eigenvalue weighted by atomic mass is 9.86. The minimum absolute atomic E-state index is 0.133. The maximum atomic E-state index is 12.1. The van der Waals surface area contributed by atoms with Crippen molar-refractivity contribution in [2.45, 2.75) is 69.1 Å². The molecule has 3 amide bonds. The Hall–Kier alpha value is -1.83. The smallest absolute Gasteiger partial charge is 0.321 e. The molecule has 1 aromatic rings. The maximum absolute atomic E-state index is 12.1. The molecule has 2 atom stereocenters. The van der Waals surface area contributed by atoms with E-state index in [1.807, 2.05) is 4.57 Å². The van der Waals surface area contributed by atoms with Crippen LogP contribution in [0.2, 0.25) is 0 Å². The van der Waals surface area contributed by atoms with E-state index in [-0.39, 0.29) is 17.7 Å².